The molecule has 0 bridgehead atoms. The van der Waals surface area contributed by atoms with E-state index in [-0.39, 0.29) is 5.91 Å². The highest BCUT2D eigenvalue weighted by Crippen LogP contribution is 2.09. The predicted octanol–water partition coefficient (Wildman–Crippen LogP) is 2.57. The third-order valence-electron chi connectivity index (χ3n) is 3.11. The number of fused-ring (bicyclic) bond motifs is 1. The molecule has 5 nitrogen and oxygen atoms in total. The van der Waals surface area contributed by atoms with Crippen molar-refractivity contribution < 1.29 is 9.21 Å². The highest BCUT2D eigenvalue weighted by atomic mass is 16.3. The lowest BCUT2D eigenvalue weighted by Gasteiger charge is -1.97. The SMILES string of the molecule is Cc1cccn2cc(CNC(=O)C=Cc3ccco3)nc12. The van der Waals surface area contributed by atoms with Crippen LogP contribution in [0.5, 0.6) is 0 Å². The molecule has 21 heavy (non-hydrogen) atoms. The number of furan rings is 1. The Balaban J connectivity index is 1.63. The third kappa shape index (κ3) is 3.02. The van der Waals surface area contributed by atoms with Crippen LogP contribution in [-0.2, 0) is 11.3 Å². The summed E-state index contributed by atoms with van der Waals surface area (Å²) in [6, 6.07) is 7.54. The molecule has 0 unspecified atom stereocenters. The maximum Gasteiger partial charge on any atom is 0.244 e. The van der Waals surface area contributed by atoms with Gasteiger partial charge in [-0.2, -0.15) is 0 Å². The highest BCUT2D eigenvalue weighted by molar-refractivity contribution is 5.91. The Kier molecular flexibility index (Phi) is 3.55. The Morgan fingerprint density at radius 3 is 3.10 bits per heavy atom. The summed E-state index contributed by atoms with van der Waals surface area (Å²) in [5.74, 6) is 0.466. The van der Waals surface area contributed by atoms with Crippen LogP contribution in [0.1, 0.15) is 17.0 Å². The Bertz CT molecular complexity index is 785. The summed E-state index contributed by atoms with van der Waals surface area (Å²) in [4.78, 5) is 16.2. The average molecular weight is 281 g/mol. The molecule has 3 rings (SSSR count). The fourth-order valence-electron chi connectivity index (χ4n) is 2.07. The second kappa shape index (κ2) is 5.66. The molecule has 0 atom stereocenters. The van der Waals surface area contributed by atoms with Crippen molar-refractivity contribution in [2.45, 2.75) is 13.5 Å². The van der Waals surface area contributed by atoms with E-state index < -0.39 is 0 Å². The van der Waals surface area contributed by atoms with Crippen molar-refractivity contribution >= 4 is 17.6 Å². The molecule has 5 heteroatoms. The lowest BCUT2D eigenvalue weighted by molar-refractivity contribution is -0.116. The third-order valence-corrected chi connectivity index (χ3v) is 3.11. The first-order valence-electron chi connectivity index (χ1n) is 6.65. The zero-order chi connectivity index (χ0) is 14.7. The van der Waals surface area contributed by atoms with Gasteiger partial charge in [-0.1, -0.05) is 6.07 Å². The van der Waals surface area contributed by atoms with Crippen molar-refractivity contribution in [1.29, 1.82) is 0 Å². The molecule has 0 saturated carbocycles. The van der Waals surface area contributed by atoms with Gasteiger partial charge in [-0.15, -0.1) is 0 Å². The van der Waals surface area contributed by atoms with Gasteiger partial charge in [-0.3, -0.25) is 4.79 Å². The monoisotopic (exact) mass is 281 g/mol. The molecule has 1 N–H and O–H groups in total. The molecule has 0 aromatic carbocycles. The van der Waals surface area contributed by atoms with Gasteiger partial charge in [0.1, 0.15) is 11.4 Å². The molecule has 0 fully saturated rings. The Morgan fingerprint density at radius 2 is 2.33 bits per heavy atom. The number of rotatable bonds is 4. The molecule has 0 radical (unpaired) electrons. The maximum atomic E-state index is 11.7. The van der Waals surface area contributed by atoms with Crippen LogP contribution in [0.2, 0.25) is 0 Å². The zero-order valence-electron chi connectivity index (χ0n) is 11.6. The van der Waals surface area contributed by atoms with Gasteiger partial charge in [0.2, 0.25) is 5.91 Å². The number of amides is 1. The normalized spacial score (nSPS) is 11.3. The van der Waals surface area contributed by atoms with Crippen LogP contribution < -0.4 is 5.32 Å². The molecule has 3 aromatic heterocycles. The number of carbonyl (C=O) groups is 1. The number of imidazole rings is 1. The van der Waals surface area contributed by atoms with Crippen molar-refractivity contribution in [1.82, 2.24) is 14.7 Å². The number of hydrogen-bond acceptors (Lipinski definition) is 3. The summed E-state index contributed by atoms with van der Waals surface area (Å²) in [5.41, 5.74) is 2.84. The van der Waals surface area contributed by atoms with Crippen molar-refractivity contribution in [2.24, 2.45) is 0 Å². The van der Waals surface area contributed by atoms with Gasteiger partial charge in [0.15, 0.2) is 0 Å². The van der Waals surface area contributed by atoms with Crippen molar-refractivity contribution in [3.8, 4) is 0 Å². The van der Waals surface area contributed by atoms with Gasteiger partial charge in [-0.05, 0) is 36.8 Å². The minimum atomic E-state index is -0.180. The molecule has 0 saturated heterocycles. The highest BCUT2D eigenvalue weighted by Gasteiger charge is 2.04. The number of carbonyl (C=O) groups excluding carboxylic acids is 1. The number of aryl methyl sites for hydroxylation is 1. The van der Waals surface area contributed by atoms with Crippen LogP contribution in [-0.4, -0.2) is 15.3 Å². The summed E-state index contributed by atoms with van der Waals surface area (Å²) < 4.78 is 7.07. The summed E-state index contributed by atoms with van der Waals surface area (Å²) in [6.07, 6.45) is 8.50. The van der Waals surface area contributed by atoms with Gasteiger partial charge in [0.25, 0.3) is 0 Å². The maximum absolute atomic E-state index is 11.7. The van der Waals surface area contributed by atoms with E-state index in [1.54, 1.807) is 24.5 Å². The van der Waals surface area contributed by atoms with Gasteiger partial charge in [0, 0.05) is 18.5 Å². The first-order valence-corrected chi connectivity index (χ1v) is 6.65. The van der Waals surface area contributed by atoms with Crippen LogP contribution in [0.4, 0.5) is 0 Å². The van der Waals surface area contributed by atoms with E-state index in [9.17, 15) is 4.79 Å². The largest absolute Gasteiger partial charge is 0.465 e. The van der Waals surface area contributed by atoms with Crippen molar-refractivity contribution in [3.63, 3.8) is 0 Å². The molecule has 106 valence electrons. The number of hydrogen-bond donors (Lipinski definition) is 1. The minimum absolute atomic E-state index is 0.180. The molecule has 1 amide bonds. The van der Waals surface area contributed by atoms with Gasteiger partial charge in [-0.25, -0.2) is 4.98 Å². The van der Waals surface area contributed by atoms with E-state index in [1.165, 1.54) is 6.08 Å². The van der Waals surface area contributed by atoms with Gasteiger partial charge >= 0.3 is 0 Å². The molecule has 3 heterocycles. The number of nitrogens with one attached hydrogen (secondary N) is 1. The molecule has 0 spiro atoms. The van der Waals surface area contributed by atoms with Crippen LogP contribution in [0.15, 0.2) is 53.4 Å². The van der Waals surface area contributed by atoms with Gasteiger partial charge < -0.3 is 14.1 Å². The predicted molar refractivity (Wildman–Crippen MR) is 79.5 cm³/mol. The molecule has 0 aliphatic rings. The first-order chi connectivity index (χ1) is 10.2. The standard InChI is InChI=1S/C16H15N3O2/c1-12-4-2-8-19-11-13(18-16(12)19)10-17-15(20)7-6-14-5-3-9-21-14/h2-9,11H,10H2,1H3,(H,17,20). The fourth-order valence-corrected chi connectivity index (χ4v) is 2.07. The minimum Gasteiger partial charge on any atom is -0.465 e. The Morgan fingerprint density at radius 1 is 1.43 bits per heavy atom. The second-order valence-corrected chi connectivity index (χ2v) is 4.72. The van der Waals surface area contributed by atoms with Crippen molar-refractivity contribution in [3.05, 3.63) is 66.0 Å². The molecule has 0 aliphatic carbocycles. The summed E-state index contributed by atoms with van der Waals surface area (Å²) in [5, 5.41) is 2.80. The van der Waals surface area contributed by atoms with E-state index in [4.69, 9.17) is 4.42 Å². The van der Waals surface area contributed by atoms with E-state index in [0.717, 1.165) is 16.9 Å². The van der Waals surface area contributed by atoms with Crippen LogP contribution in [0.25, 0.3) is 11.7 Å². The molecular formula is C16H15N3O2. The average Bonchev–Trinajstić information content (AvgIpc) is 3.12. The van der Waals surface area contributed by atoms with E-state index in [0.29, 0.717) is 12.3 Å². The molecular weight excluding hydrogens is 266 g/mol. The van der Waals surface area contributed by atoms with Crippen LogP contribution in [0, 0.1) is 6.92 Å². The topological polar surface area (TPSA) is 59.5 Å². The smallest absolute Gasteiger partial charge is 0.244 e. The Labute approximate surface area is 121 Å². The van der Waals surface area contributed by atoms with E-state index >= 15 is 0 Å². The number of pyridine rings is 1. The summed E-state index contributed by atoms with van der Waals surface area (Å²) in [6.45, 7) is 2.40. The zero-order valence-corrected chi connectivity index (χ0v) is 11.6. The molecule has 3 aromatic rings. The first kappa shape index (κ1) is 13.2. The molecule has 0 aliphatic heterocycles. The number of nitrogens with zero attached hydrogens (tertiary/aromatic N) is 2. The number of aromatic nitrogens is 2. The van der Waals surface area contributed by atoms with E-state index in [1.807, 2.05) is 35.9 Å². The van der Waals surface area contributed by atoms with Crippen LogP contribution >= 0.6 is 0 Å². The Hall–Kier alpha value is -2.82. The summed E-state index contributed by atoms with van der Waals surface area (Å²) in [7, 11) is 0. The lowest BCUT2D eigenvalue weighted by atomic mass is 10.3. The summed E-state index contributed by atoms with van der Waals surface area (Å²) >= 11 is 0. The van der Waals surface area contributed by atoms with Gasteiger partial charge in [0.05, 0.1) is 18.5 Å². The second-order valence-electron chi connectivity index (χ2n) is 4.72. The lowest BCUT2D eigenvalue weighted by Crippen LogP contribution is -2.20. The quantitative estimate of drug-likeness (QED) is 0.748. The van der Waals surface area contributed by atoms with Crippen LogP contribution in [0.3, 0.4) is 0 Å². The fraction of sp³-hybridized carbons (Fsp3) is 0.125. The van der Waals surface area contributed by atoms with E-state index in [2.05, 4.69) is 10.3 Å². The van der Waals surface area contributed by atoms with Crippen molar-refractivity contribution in [2.75, 3.05) is 0 Å².